The van der Waals surface area contributed by atoms with Crippen molar-refractivity contribution in [2.75, 3.05) is 45.9 Å². The molecular weight excluding hydrogens is 500 g/mol. The zero-order chi connectivity index (χ0) is 27.0. The van der Waals surface area contributed by atoms with Crippen molar-refractivity contribution in [3.05, 3.63) is 40.2 Å². The van der Waals surface area contributed by atoms with E-state index in [9.17, 15) is 13.2 Å². The van der Waals surface area contributed by atoms with E-state index in [2.05, 4.69) is 9.97 Å². The first-order valence-electron chi connectivity index (χ1n) is 12.0. The van der Waals surface area contributed by atoms with E-state index in [0.717, 1.165) is 5.57 Å². The summed E-state index contributed by atoms with van der Waals surface area (Å²) in [6, 6.07) is 1.69. The third kappa shape index (κ3) is 5.05. The summed E-state index contributed by atoms with van der Waals surface area (Å²) in [4.78, 5) is 22.5. The number of H-pyrrole nitrogens is 1. The topological polar surface area (TPSA) is 146 Å². The van der Waals surface area contributed by atoms with Gasteiger partial charge >= 0.3 is 0 Å². The molecule has 1 aromatic carbocycles. The Hall–Kier alpha value is -3.09. The summed E-state index contributed by atoms with van der Waals surface area (Å²) in [7, 11) is 0.668. The van der Waals surface area contributed by atoms with E-state index in [4.69, 9.17) is 24.1 Å². The highest BCUT2D eigenvalue weighted by molar-refractivity contribution is 7.90. The maximum Gasteiger partial charge on any atom is 0.286 e. The van der Waals surface area contributed by atoms with Crippen LogP contribution in [0.25, 0.3) is 10.9 Å². The fourth-order valence-corrected chi connectivity index (χ4v) is 6.33. The molecule has 37 heavy (non-hydrogen) atoms. The molecule has 12 heteroatoms. The Morgan fingerprint density at radius 1 is 1.16 bits per heavy atom. The van der Waals surface area contributed by atoms with Crippen molar-refractivity contribution in [2.24, 2.45) is 10.6 Å². The molecule has 0 spiro atoms. The molecule has 2 aliphatic rings. The minimum Gasteiger partial charge on any atom is -0.493 e. The summed E-state index contributed by atoms with van der Waals surface area (Å²) >= 11 is 0. The summed E-state index contributed by atoms with van der Waals surface area (Å²) in [5.74, 6) is 1.47. The van der Waals surface area contributed by atoms with E-state index in [-0.39, 0.29) is 23.8 Å². The lowest BCUT2D eigenvalue weighted by atomic mass is 9.77. The largest absolute Gasteiger partial charge is 0.493 e. The van der Waals surface area contributed by atoms with Gasteiger partial charge < -0.3 is 28.8 Å². The standard InChI is InChI=1S/C25H34N4O7S/c1-15-7-6-8-19(37(26,31)32)25(15,2)14-36-16-9-11-29(12-10-16)24-27-17-13-18(33-3)21(34-4)22(35-5)20(17)23(30)28-24/h6-8,13,16,19H,9-12,14H2,1-5H3,(H2,26,31,32)(H,27,28,30). The lowest BCUT2D eigenvalue weighted by molar-refractivity contribution is -0.00203. The summed E-state index contributed by atoms with van der Waals surface area (Å²) in [6.45, 7) is 5.21. The third-order valence-electron chi connectivity index (χ3n) is 7.37. The Balaban J connectivity index is 1.49. The van der Waals surface area contributed by atoms with Crippen LogP contribution in [0.5, 0.6) is 17.2 Å². The maximum absolute atomic E-state index is 13.0. The molecule has 2 unspecified atom stereocenters. The average molecular weight is 535 g/mol. The summed E-state index contributed by atoms with van der Waals surface area (Å²) in [5, 5.41) is 4.96. The van der Waals surface area contributed by atoms with Crippen molar-refractivity contribution >= 4 is 26.9 Å². The van der Waals surface area contributed by atoms with Crippen LogP contribution < -0.4 is 29.8 Å². The molecule has 0 saturated carbocycles. The number of allylic oxidation sites excluding steroid dienone is 2. The third-order valence-corrected chi connectivity index (χ3v) is 8.76. The fourth-order valence-electron chi connectivity index (χ4n) is 5.04. The van der Waals surface area contributed by atoms with Crippen molar-refractivity contribution in [1.82, 2.24) is 9.97 Å². The van der Waals surface area contributed by atoms with Crippen LogP contribution in [0, 0.1) is 5.41 Å². The second kappa shape index (κ2) is 10.3. The SMILES string of the molecule is COc1cc2[nH]c(N3CCC(OCC4(C)C(C)=CC=CC4S(N)(=O)=O)CC3)nc(=O)c2c(OC)c1OC. The number of fused-ring (bicyclic) bond motifs is 1. The van der Waals surface area contributed by atoms with E-state index < -0.39 is 26.2 Å². The van der Waals surface area contributed by atoms with Gasteiger partial charge in [0.1, 0.15) is 10.6 Å². The van der Waals surface area contributed by atoms with Crippen LogP contribution in [-0.4, -0.2) is 70.8 Å². The predicted octanol–water partition coefficient (Wildman–Crippen LogP) is 2.11. The monoisotopic (exact) mass is 534 g/mol. The molecule has 4 rings (SSSR count). The van der Waals surface area contributed by atoms with Gasteiger partial charge in [-0.3, -0.25) is 4.79 Å². The van der Waals surface area contributed by atoms with Gasteiger partial charge in [0.15, 0.2) is 11.5 Å². The molecule has 1 fully saturated rings. The van der Waals surface area contributed by atoms with Crippen molar-refractivity contribution in [3.8, 4) is 17.2 Å². The number of sulfonamides is 1. The van der Waals surface area contributed by atoms with Crippen LogP contribution in [0.4, 0.5) is 5.95 Å². The zero-order valence-corrected chi connectivity index (χ0v) is 22.6. The highest BCUT2D eigenvalue weighted by Crippen LogP contribution is 2.42. The van der Waals surface area contributed by atoms with E-state index in [0.29, 0.717) is 48.9 Å². The summed E-state index contributed by atoms with van der Waals surface area (Å²) in [5.41, 5.74) is 0.253. The van der Waals surface area contributed by atoms with Gasteiger partial charge in [-0.15, -0.1) is 0 Å². The van der Waals surface area contributed by atoms with Gasteiger partial charge in [-0.05, 0) is 19.8 Å². The van der Waals surface area contributed by atoms with Crippen molar-refractivity contribution in [3.63, 3.8) is 0 Å². The van der Waals surface area contributed by atoms with E-state index in [1.165, 1.54) is 21.3 Å². The van der Waals surface area contributed by atoms with Crippen molar-refractivity contribution in [1.29, 1.82) is 0 Å². The molecule has 2 atom stereocenters. The van der Waals surface area contributed by atoms with Crippen LogP contribution in [0.15, 0.2) is 34.7 Å². The number of hydrogen-bond donors (Lipinski definition) is 2. The van der Waals surface area contributed by atoms with Gasteiger partial charge in [0.2, 0.25) is 21.7 Å². The summed E-state index contributed by atoms with van der Waals surface area (Å²) in [6.07, 6.45) is 6.55. The molecule has 1 aromatic heterocycles. The van der Waals surface area contributed by atoms with E-state index in [1.54, 1.807) is 18.2 Å². The normalized spacial score (nSPS) is 22.7. The molecular formula is C25H34N4O7S. The zero-order valence-electron chi connectivity index (χ0n) is 21.7. The first-order chi connectivity index (χ1) is 17.5. The molecule has 11 nitrogen and oxygen atoms in total. The van der Waals surface area contributed by atoms with Gasteiger partial charge in [-0.1, -0.05) is 30.7 Å². The number of ether oxygens (including phenoxy) is 4. The number of piperidine rings is 1. The Bertz CT molecular complexity index is 1390. The van der Waals surface area contributed by atoms with Gasteiger partial charge in [0, 0.05) is 24.6 Å². The molecule has 2 aromatic rings. The molecule has 0 bridgehead atoms. The quantitative estimate of drug-likeness (QED) is 0.520. The number of nitrogens with two attached hydrogens (primary N) is 1. The highest BCUT2D eigenvalue weighted by Gasteiger charge is 2.43. The molecule has 1 aliphatic carbocycles. The molecule has 2 heterocycles. The molecule has 1 aliphatic heterocycles. The van der Waals surface area contributed by atoms with Crippen LogP contribution >= 0.6 is 0 Å². The Labute approximate surface area is 216 Å². The number of nitrogens with zero attached hydrogens (tertiary/aromatic N) is 2. The average Bonchev–Trinajstić information content (AvgIpc) is 2.87. The van der Waals surface area contributed by atoms with Crippen molar-refractivity contribution in [2.45, 2.75) is 38.0 Å². The molecule has 0 radical (unpaired) electrons. The number of aromatic amines is 1. The number of hydrogen-bond acceptors (Lipinski definition) is 9. The minimum absolute atomic E-state index is 0.0652. The number of anilines is 1. The Kier molecular flexibility index (Phi) is 7.54. The second-order valence-electron chi connectivity index (χ2n) is 9.59. The maximum atomic E-state index is 13.0. The first kappa shape index (κ1) is 27.0. The second-order valence-corrected chi connectivity index (χ2v) is 11.3. The number of rotatable bonds is 8. The van der Waals surface area contributed by atoms with Crippen molar-refractivity contribution < 1.29 is 27.4 Å². The van der Waals surface area contributed by atoms with Crippen LogP contribution in [0.3, 0.4) is 0 Å². The van der Waals surface area contributed by atoms with E-state index >= 15 is 0 Å². The number of nitrogens with one attached hydrogen (secondary N) is 1. The summed E-state index contributed by atoms with van der Waals surface area (Å²) < 4.78 is 46.9. The van der Waals surface area contributed by atoms with E-state index in [1.807, 2.05) is 24.8 Å². The van der Waals surface area contributed by atoms with Gasteiger partial charge in [0.25, 0.3) is 5.56 Å². The van der Waals surface area contributed by atoms with Gasteiger partial charge in [0.05, 0.1) is 39.6 Å². The van der Waals surface area contributed by atoms with Crippen LogP contribution in [0.2, 0.25) is 0 Å². The number of aromatic nitrogens is 2. The fraction of sp³-hybridized carbons (Fsp3) is 0.520. The highest BCUT2D eigenvalue weighted by atomic mass is 32.2. The smallest absolute Gasteiger partial charge is 0.286 e. The van der Waals surface area contributed by atoms with Gasteiger partial charge in [-0.25, -0.2) is 13.6 Å². The Morgan fingerprint density at radius 2 is 1.84 bits per heavy atom. The lowest BCUT2D eigenvalue weighted by Crippen LogP contribution is -2.47. The van der Waals surface area contributed by atoms with Gasteiger partial charge in [-0.2, -0.15) is 4.98 Å². The Morgan fingerprint density at radius 3 is 2.43 bits per heavy atom. The molecule has 3 N–H and O–H groups in total. The van der Waals surface area contributed by atoms with Crippen LogP contribution in [-0.2, 0) is 14.8 Å². The number of primary sulfonamides is 1. The van der Waals surface area contributed by atoms with Crippen LogP contribution in [0.1, 0.15) is 26.7 Å². The lowest BCUT2D eigenvalue weighted by Gasteiger charge is -2.39. The number of benzene rings is 1. The molecule has 202 valence electrons. The molecule has 0 amide bonds. The number of methoxy groups -OCH3 is 3. The predicted molar refractivity (Wildman–Crippen MR) is 141 cm³/mol. The minimum atomic E-state index is -3.78. The molecule has 1 saturated heterocycles. The first-order valence-corrected chi connectivity index (χ1v) is 13.6.